The third-order valence-electron chi connectivity index (χ3n) is 15.6. The molecule has 2 N–H and O–H groups in total. The molecule has 0 aliphatic heterocycles. The van der Waals surface area contributed by atoms with E-state index in [-0.39, 0.29) is 43.3 Å². The van der Waals surface area contributed by atoms with Gasteiger partial charge in [0.2, 0.25) is 0 Å². The number of aryl methyl sites for hydroxylation is 4. The molecule has 0 saturated heterocycles. The molecule has 0 aliphatic carbocycles. The largest absolute Gasteiger partial charge is 0.745 e. The topological polar surface area (TPSA) is 83.8 Å². The van der Waals surface area contributed by atoms with Crippen LogP contribution in [0.4, 0.5) is 0 Å². The van der Waals surface area contributed by atoms with Crippen LogP contribution in [0, 0.1) is 27.7 Å². The molecular formula is C72H100O5P2+2. The van der Waals surface area contributed by atoms with Crippen LogP contribution in [0.25, 0.3) is 55.6 Å². The molecule has 7 heteroatoms. The molecule has 6 aromatic carbocycles. The molecule has 6 aromatic rings. The molecule has 0 spiro atoms. The van der Waals surface area contributed by atoms with E-state index in [0.717, 1.165) is 0 Å². The lowest BCUT2D eigenvalue weighted by atomic mass is 9.68. The Bertz CT molecular complexity index is 3270. The minimum Gasteiger partial charge on any atom is -0.131 e. The van der Waals surface area contributed by atoms with Gasteiger partial charge >= 0.3 is 16.5 Å². The molecule has 79 heavy (non-hydrogen) atoms. The van der Waals surface area contributed by atoms with Crippen molar-refractivity contribution in [1.82, 2.24) is 0 Å². The lowest BCUT2D eigenvalue weighted by Crippen LogP contribution is -2.21. The van der Waals surface area contributed by atoms with Crippen molar-refractivity contribution >= 4 is 16.5 Å². The van der Waals surface area contributed by atoms with Gasteiger partial charge in [0.05, 0.1) is 0 Å². The maximum Gasteiger partial charge on any atom is 0.745 e. The minimum atomic E-state index is -2.92. The lowest BCUT2D eigenvalue weighted by Gasteiger charge is -2.36. The zero-order chi connectivity index (χ0) is 60.5. The van der Waals surface area contributed by atoms with Crippen LogP contribution in [-0.4, -0.2) is 9.79 Å². The van der Waals surface area contributed by atoms with E-state index < -0.39 is 16.5 Å². The van der Waals surface area contributed by atoms with Crippen LogP contribution in [0.2, 0.25) is 0 Å². The van der Waals surface area contributed by atoms with Gasteiger partial charge in [-0.3, -0.25) is 0 Å². The van der Waals surface area contributed by atoms with Gasteiger partial charge in [0.1, 0.15) is 0 Å². The zero-order valence-electron chi connectivity index (χ0n) is 54.1. The summed E-state index contributed by atoms with van der Waals surface area (Å²) in [6.45, 7) is 67.1. The average Bonchev–Trinajstić information content (AvgIpc) is 3.24. The summed E-state index contributed by atoms with van der Waals surface area (Å²) in [7, 11) is -5.85. The molecule has 0 heterocycles. The molecule has 0 aromatic heterocycles. The fourth-order valence-corrected chi connectivity index (χ4v) is 12.5. The number of hydrogen-bond donors (Lipinski definition) is 2. The molecule has 2 atom stereocenters. The number of hydrogen-bond acceptors (Lipinski definition) is 3. The summed E-state index contributed by atoms with van der Waals surface area (Å²) >= 11 is 0. The predicted molar refractivity (Wildman–Crippen MR) is 343 cm³/mol. The van der Waals surface area contributed by atoms with Crippen LogP contribution >= 0.6 is 16.5 Å². The standard InChI is InChI=1S/C72H98.O5P2/c1-43-34-48(58(69(17,18)19)39-54(43)65(5,6)7)50-38-51(49-35-44(2)55(66(8,9)10)40-59(49)70(20,21)22)63(52-36-45(3)56(67(11,12)13)41-60(52)71(23,24)25)64(62(50)47-32-30-29-31-33-47)53-37-46(4)57(68(14,15)16)42-61(53)72(26,27)28;1-6(2)5-7(3)4/h29-42H,1-28H3;/p+2. The Kier molecular flexibility index (Phi) is 18.7. The van der Waals surface area contributed by atoms with Crippen molar-refractivity contribution in [2.45, 2.75) is 237 Å². The van der Waals surface area contributed by atoms with E-state index in [4.69, 9.17) is 9.79 Å². The van der Waals surface area contributed by atoms with E-state index in [1.807, 2.05) is 0 Å². The Morgan fingerprint density at radius 3 is 0.785 bits per heavy atom. The normalized spacial score (nSPS) is 13.5. The first kappa shape index (κ1) is 65.2. The van der Waals surface area contributed by atoms with Crippen molar-refractivity contribution in [2.24, 2.45) is 0 Å². The van der Waals surface area contributed by atoms with E-state index in [1.165, 1.54) is 122 Å². The first-order chi connectivity index (χ1) is 35.6. The van der Waals surface area contributed by atoms with Gasteiger partial charge in [0, 0.05) is 9.13 Å². The first-order valence-corrected chi connectivity index (χ1v) is 30.7. The van der Waals surface area contributed by atoms with Gasteiger partial charge in [-0.05, 0) is 199 Å². The second kappa shape index (κ2) is 22.6. The van der Waals surface area contributed by atoms with E-state index in [9.17, 15) is 9.13 Å². The fourth-order valence-electron chi connectivity index (χ4n) is 12.0. The Labute approximate surface area is 481 Å². The summed E-state index contributed by atoms with van der Waals surface area (Å²) in [6.07, 6.45) is 0. The van der Waals surface area contributed by atoms with E-state index >= 15 is 0 Å². The van der Waals surface area contributed by atoms with Crippen LogP contribution < -0.4 is 0 Å². The molecular weight excluding hydrogens is 1010 g/mol. The van der Waals surface area contributed by atoms with Gasteiger partial charge in [0.25, 0.3) is 0 Å². The van der Waals surface area contributed by atoms with Gasteiger partial charge in [-0.15, -0.1) is 9.79 Å². The van der Waals surface area contributed by atoms with Crippen LogP contribution in [-0.2, 0) is 56.8 Å². The highest BCUT2D eigenvalue weighted by molar-refractivity contribution is 7.46. The quantitative estimate of drug-likeness (QED) is 0.156. The van der Waals surface area contributed by atoms with Gasteiger partial charge in [-0.1, -0.05) is 245 Å². The molecule has 0 aliphatic rings. The summed E-state index contributed by atoms with van der Waals surface area (Å²) in [4.78, 5) is 15.3. The summed E-state index contributed by atoms with van der Waals surface area (Å²) in [5.41, 5.74) is 28.8. The average molecular weight is 1110 g/mol. The third kappa shape index (κ3) is 14.7. The van der Waals surface area contributed by atoms with Crippen LogP contribution in [0.15, 0.2) is 84.9 Å². The molecule has 0 radical (unpaired) electrons. The van der Waals surface area contributed by atoms with E-state index in [1.54, 1.807) is 0 Å². The van der Waals surface area contributed by atoms with Crippen molar-refractivity contribution in [2.75, 3.05) is 0 Å². The highest BCUT2D eigenvalue weighted by Crippen LogP contribution is 2.57. The third-order valence-corrected chi connectivity index (χ3v) is 16.7. The second-order valence-corrected chi connectivity index (χ2v) is 32.5. The number of benzene rings is 6. The van der Waals surface area contributed by atoms with Gasteiger partial charge in [-0.25, -0.2) is 0 Å². The van der Waals surface area contributed by atoms with Gasteiger partial charge in [0.15, 0.2) is 4.31 Å². The fraction of sp³-hybridized carbons (Fsp3) is 0.500. The Morgan fingerprint density at radius 1 is 0.291 bits per heavy atom. The van der Waals surface area contributed by atoms with Gasteiger partial charge in [-0.2, -0.15) is 0 Å². The Hall–Kier alpha value is -4.60. The van der Waals surface area contributed by atoms with E-state index in [0.29, 0.717) is 0 Å². The Morgan fingerprint density at radius 2 is 0.532 bits per heavy atom. The first-order valence-electron chi connectivity index (χ1n) is 28.5. The highest BCUT2D eigenvalue weighted by atomic mass is 31.2. The molecule has 0 fully saturated rings. The highest BCUT2D eigenvalue weighted by Gasteiger charge is 2.37. The molecule has 0 saturated carbocycles. The molecule has 426 valence electrons. The minimum absolute atomic E-state index is 0.0205. The monoisotopic (exact) mass is 1110 g/mol. The SMILES string of the molecule is Cc1cc(-c2cc(-c3cc(C)c(C(C)(C)C)cc3C(C)(C)C)c(-c3cc(C)c(C(C)(C)C)cc3C(C)(C)C)c(-c3cc(C)c(C(C)(C)C)cc3C(C)(C)C)c2-c2ccccc2)c(C(C)(C)C)cc1C(C)(C)C.O=[P+](O)O[P+](=O)O. The molecule has 0 amide bonds. The van der Waals surface area contributed by atoms with Crippen molar-refractivity contribution in [3.63, 3.8) is 0 Å². The summed E-state index contributed by atoms with van der Waals surface area (Å²) in [5, 5.41) is 0. The smallest absolute Gasteiger partial charge is 0.131 e. The van der Waals surface area contributed by atoms with Crippen LogP contribution in [0.5, 0.6) is 0 Å². The molecule has 6 rings (SSSR count). The number of rotatable bonds is 7. The molecule has 0 bridgehead atoms. The zero-order valence-corrected chi connectivity index (χ0v) is 55.9. The Balaban J connectivity index is 0.00000153. The summed E-state index contributed by atoms with van der Waals surface area (Å²) < 4.78 is 22.2. The second-order valence-electron chi connectivity index (χ2n) is 30.9. The van der Waals surface area contributed by atoms with Crippen molar-refractivity contribution in [1.29, 1.82) is 0 Å². The summed E-state index contributed by atoms with van der Waals surface area (Å²) in [5.74, 6) is 0. The van der Waals surface area contributed by atoms with Crippen molar-refractivity contribution < 1.29 is 23.2 Å². The predicted octanol–water partition coefficient (Wildman–Crippen LogP) is 21.9. The van der Waals surface area contributed by atoms with Gasteiger partial charge < -0.3 is 0 Å². The maximum atomic E-state index is 9.39. The molecule has 2 unspecified atom stereocenters. The van der Waals surface area contributed by atoms with E-state index in [2.05, 4.69) is 283 Å². The van der Waals surface area contributed by atoms with Crippen LogP contribution in [0.3, 0.4) is 0 Å². The van der Waals surface area contributed by atoms with Crippen molar-refractivity contribution in [3.05, 3.63) is 152 Å². The van der Waals surface area contributed by atoms with Crippen LogP contribution in [0.1, 0.15) is 233 Å². The molecule has 5 nitrogen and oxygen atoms in total. The summed E-state index contributed by atoms with van der Waals surface area (Å²) in [6, 6.07) is 34.8. The lowest BCUT2D eigenvalue weighted by molar-refractivity contribution is 0.371. The van der Waals surface area contributed by atoms with Crippen molar-refractivity contribution in [3.8, 4) is 55.6 Å². The maximum absolute atomic E-state index is 9.39.